The molecule has 13 heavy (non-hydrogen) atoms. The summed E-state index contributed by atoms with van der Waals surface area (Å²) in [6, 6.07) is 0. The Hall–Kier alpha value is 0.0300. The number of unbranched alkanes of at least 4 members (excludes halogenated alkanes) is 1. The average Bonchev–Trinajstić information content (AvgIpc) is 1.75. The standard InChI is InChI=1S/C6H10ClF5S/c1-2-3-4-6(7)5-13(8,9,10,11)12/h5H,2-4H2,1H3/b6-5-. The van der Waals surface area contributed by atoms with Crippen LogP contribution in [0.1, 0.15) is 26.2 Å². The second kappa shape index (κ2) is 3.02. The van der Waals surface area contributed by atoms with Crippen molar-refractivity contribution in [3.8, 4) is 0 Å². The smallest absolute Gasteiger partial charge is 0.0941 e. The summed E-state index contributed by atoms with van der Waals surface area (Å²) < 4.78 is 58.7. The number of halogens is 6. The van der Waals surface area contributed by atoms with Gasteiger partial charge < -0.3 is 0 Å². The van der Waals surface area contributed by atoms with Crippen LogP contribution in [0.5, 0.6) is 0 Å². The fraction of sp³-hybridized carbons (Fsp3) is 0.667. The van der Waals surface area contributed by atoms with Crippen molar-refractivity contribution in [2.75, 3.05) is 0 Å². The van der Waals surface area contributed by atoms with Crippen LogP contribution in [-0.2, 0) is 0 Å². The minimum absolute atomic E-state index is 0.163. The van der Waals surface area contributed by atoms with Gasteiger partial charge in [0.2, 0.25) is 0 Å². The molecular weight excluding hydrogens is 235 g/mol. The van der Waals surface area contributed by atoms with Crippen LogP contribution >= 0.6 is 21.8 Å². The van der Waals surface area contributed by atoms with E-state index in [1.165, 1.54) is 0 Å². The molecule has 0 saturated heterocycles. The quantitative estimate of drug-likeness (QED) is 0.568. The number of allylic oxidation sites excluding steroid dienone is 1. The van der Waals surface area contributed by atoms with Crippen LogP contribution in [0.2, 0.25) is 0 Å². The molecule has 0 aliphatic heterocycles. The molecule has 7 heteroatoms. The highest BCUT2D eigenvalue weighted by Gasteiger charge is 2.61. The zero-order valence-corrected chi connectivity index (χ0v) is 8.45. The average molecular weight is 245 g/mol. The molecule has 0 fully saturated rings. The molecule has 0 nitrogen and oxygen atoms in total. The third kappa shape index (κ3) is 9.95. The fourth-order valence-corrected chi connectivity index (χ4v) is 1.89. The topological polar surface area (TPSA) is 0 Å². The summed E-state index contributed by atoms with van der Waals surface area (Å²) in [5, 5.41) is -1.86. The molecule has 0 atom stereocenters. The summed E-state index contributed by atoms with van der Waals surface area (Å²) in [7, 11) is -9.45. The lowest BCUT2D eigenvalue weighted by molar-refractivity contribution is 0.384. The molecule has 0 aromatic heterocycles. The molecule has 0 saturated carbocycles. The first-order valence-electron chi connectivity index (χ1n) is 3.55. The van der Waals surface area contributed by atoms with Gasteiger partial charge in [0.1, 0.15) is 0 Å². The first kappa shape index (κ1) is 13.0. The summed E-state index contributed by atoms with van der Waals surface area (Å²) in [6.07, 6.45) is 0.803. The Kier molecular flexibility index (Phi) is 3.02. The second-order valence-corrected chi connectivity index (χ2v) is 5.48. The van der Waals surface area contributed by atoms with E-state index in [9.17, 15) is 19.4 Å². The van der Waals surface area contributed by atoms with E-state index in [0.717, 1.165) is 0 Å². The van der Waals surface area contributed by atoms with Crippen molar-refractivity contribution in [2.45, 2.75) is 26.2 Å². The van der Waals surface area contributed by atoms with Crippen LogP contribution < -0.4 is 0 Å². The van der Waals surface area contributed by atoms with Crippen molar-refractivity contribution in [2.24, 2.45) is 0 Å². The third-order valence-corrected chi connectivity index (χ3v) is 2.28. The Morgan fingerprint density at radius 3 is 2.00 bits per heavy atom. The van der Waals surface area contributed by atoms with Gasteiger partial charge in [-0.1, -0.05) is 44.4 Å². The lowest BCUT2D eigenvalue weighted by Crippen LogP contribution is -2.00. The first-order chi connectivity index (χ1) is 5.43. The Balaban J connectivity index is 4.58. The van der Waals surface area contributed by atoms with Crippen LogP contribution in [0.25, 0.3) is 0 Å². The third-order valence-electron chi connectivity index (χ3n) is 1.12. The van der Waals surface area contributed by atoms with E-state index < -0.39 is 20.7 Å². The van der Waals surface area contributed by atoms with Crippen molar-refractivity contribution in [3.05, 3.63) is 10.4 Å². The van der Waals surface area contributed by atoms with Crippen molar-refractivity contribution >= 4 is 21.8 Å². The van der Waals surface area contributed by atoms with E-state index in [1.54, 1.807) is 6.92 Å². The predicted molar refractivity (Wildman–Crippen MR) is 46.6 cm³/mol. The lowest BCUT2D eigenvalue weighted by Gasteiger charge is -2.37. The molecule has 0 bridgehead atoms. The van der Waals surface area contributed by atoms with Gasteiger partial charge in [-0.05, 0) is 12.8 Å². The van der Waals surface area contributed by atoms with Crippen LogP contribution in [0.3, 0.4) is 0 Å². The van der Waals surface area contributed by atoms with Gasteiger partial charge in [-0.15, -0.1) is 0 Å². The maximum Gasteiger partial charge on any atom is 0.305 e. The molecule has 0 radical (unpaired) electrons. The Morgan fingerprint density at radius 2 is 1.69 bits per heavy atom. The zero-order valence-electron chi connectivity index (χ0n) is 6.87. The Morgan fingerprint density at radius 1 is 1.23 bits per heavy atom. The normalized spacial score (nSPS) is 19.5. The molecule has 0 rings (SSSR count). The predicted octanol–water partition coefficient (Wildman–Crippen LogP) is 5.56. The van der Waals surface area contributed by atoms with E-state index in [1.807, 2.05) is 0 Å². The lowest BCUT2D eigenvalue weighted by atomic mass is 10.2. The van der Waals surface area contributed by atoms with E-state index in [4.69, 9.17) is 11.6 Å². The van der Waals surface area contributed by atoms with Gasteiger partial charge >= 0.3 is 10.2 Å². The van der Waals surface area contributed by atoms with Gasteiger partial charge in [-0.2, -0.15) is 0 Å². The van der Waals surface area contributed by atoms with Crippen LogP contribution in [0.4, 0.5) is 19.4 Å². The fourth-order valence-electron chi connectivity index (χ4n) is 0.646. The molecule has 82 valence electrons. The van der Waals surface area contributed by atoms with Gasteiger partial charge in [0, 0.05) is 5.03 Å². The molecule has 0 spiro atoms. The molecule has 0 aromatic rings. The zero-order chi connectivity index (χ0) is 10.8. The molecule has 0 aromatic carbocycles. The van der Waals surface area contributed by atoms with Gasteiger partial charge in [-0.25, -0.2) is 0 Å². The summed E-state index contributed by atoms with van der Waals surface area (Å²) in [5.74, 6) is 0. The van der Waals surface area contributed by atoms with Crippen molar-refractivity contribution < 1.29 is 19.4 Å². The summed E-state index contributed by atoms with van der Waals surface area (Å²) in [6.45, 7) is 1.73. The van der Waals surface area contributed by atoms with Crippen LogP contribution in [0.15, 0.2) is 10.4 Å². The molecule has 0 unspecified atom stereocenters. The first-order valence-corrected chi connectivity index (χ1v) is 5.94. The monoisotopic (exact) mass is 244 g/mol. The van der Waals surface area contributed by atoms with Crippen molar-refractivity contribution in [3.63, 3.8) is 0 Å². The number of hydrogen-bond donors (Lipinski definition) is 0. The SMILES string of the molecule is CCCC/C(Cl)=C/S(F)(F)(F)(F)F. The van der Waals surface area contributed by atoms with Gasteiger partial charge in [0.15, 0.2) is 0 Å². The molecular formula is C6H10ClF5S. The van der Waals surface area contributed by atoms with Gasteiger partial charge in [0.05, 0.1) is 5.41 Å². The van der Waals surface area contributed by atoms with E-state index in [-0.39, 0.29) is 6.42 Å². The van der Waals surface area contributed by atoms with Gasteiger partial charge in [0.25, 0.3) is 0 Å². The van der Waals surface area contributed by atoms with Crippen molar-refractivity contribution in [1.29, 1.82) is 0 Å². The summed E-state index contributed by atoms with van der Waals surface area (Å²) in [5.41, 5.74) is 0. The largest absolute Gasteiger partial charge is 0.305 e. The van der Waals surface area contributed by atoms with Gasteiger partial charge in [-0.3, -0.25) is 0 Å². The minimum atomic E-state index is -9.45. The van der Waals surface area contributed by atoms with E-state index in [2.05, 4.69) is 0 Å². The highest BCUT2D eigenvalue weighted by Crippen LogP contribution is 2.99. The molecule has 0 heterocycles. The molecule has 0 aliphatic carbocycles. The Labute approximate surface area is 78.5 Å². The maximum atomic E-state index is 11.7. The van der Waals surface area contributed by atoms with E-state index >= 15 is 0 Å². The molecule has 0 amide bonds. The Bertz CT molecular complexity index is 215. The molecule has 0 N–H and O–H groups in total. The molecule has 0 aliphatic rings. The highest BCUT2D eigenvalue weighted by molar-refractivity contribution is 8.48. The summed E-state index contributed by atoms with van der Waals surface area (Å²) >= 11 is 5.01. The minimum Gasteiger partial charge on any atom is -0.0941 e. The van der Waals surface area contributed by atoms with Crippen molar-refractivity contribution in [1.82, 2.24) is 0 Å². The van der Waals surface area contributed by atoms with E-state index in [0.29, 0.717) is 12.8 Å². The van der Waals surface area contributed by atoms with Crippen LogP contribution in [0, 0.1) is 0 Å². The second-order valence-electron chi connectivity index (χ2n) is 2.70. The maximum absolute atomic E-state index is 11.7. The number of hydrogen-bond acceptors (Lipinski definition) is 0. The summed E-state index contributed by atoms with van der Waals surface area (Å²) in [4.78, 5) is 0. The highest BCUT2D eigenvalue weighted by atomic mass is 35.5. The van der Waals surface area contributed by atoms with Crippen LogP contribution in [-0.4, -0.2) is 0 Å². The number of rotatable bonds is 4.